The van der Waals surface area contributed by atoms with Crippen LogP contribution in [-0.2, 0) is 6.54 Å². The molecule has 0 aliphatic heterocycles. The summed E-state index contributed by atoms with van der Waals surface area (Å²) in [6, 6.07) is 10.1. The smallest absolute Gasteiger partial charge is 0.205 e. The normalized spacial score (nSPS) is 10.6. The van der Waals surface area contributed by atoms with E-state index in [4.69, 9.17) is 0 Å². The number of hydrogen-bond acceptors (Lipinski definition) is 5. The second-order valence-electron chi connectivity index (χ2n) is 4.06. The van der Waals surface area contributed by atoms with Crippen molar-refractivity contribution >= 4 is 16.5 Å². The van der Waals surface area contributed by atoms with Gasteiger partial charge in [0.1, 0.15) is 5.01 Å². The lowest BCUT2D eigenvalue weighted by Gasteiger charge is -2.09. The molecule has 0 saturated heterocycles. The molecule has 3 aromatic rings. The second kappa shape index (κ2) is 5.19. The molecule has 0 saturated carbocycles. The Bertz CT molecular complexity index is 659. The number of benzene rings is 1. The van der Waals surface area contributed by atoms with Gasteiger partial charge in [0.05, 0.1) is 5.69 Å². The van der Waals surface area contributed by atoms with Crippen molar-refractivity contribution in [1.82, 2.24) is 20.0 Å². The maximum atomic E-state index is 4.27. The van der Waals surface area contributed by atoms with Crippen LogP contribution in [0.5, 0.6) is 0 Å². The zero-order chi connectivity index (χ0) is 13.1. The van der Waals surface area contributed by atoms with Gasteiger partial charge in [-0.25, -0.2) is 4.68 Å². The van der Waals surface area contributed by atoms with E-state index in [0.29, 0.717) is 6.54 Å². The molecular formula is C13H13N5S. The zero-order valence-corrected chi connectivity index (χ0v) is 11.3. The molecule has 19 heavy (non-hydrogen) atoms. The first kappa shape index (κ1) is 11.9. The summed E-state index contributed by atoms with van der Waals surface area (Å²) in [5.41, 5.74) is 2.24. The van der Waals surface area contributed by atoms with Crippen LogP contribution in [0.3, 0.4) is 0 Å². The SMILES string of the molecule is Cc1nnc(NCc2ccccc2-n2cccn2)s1. The third-order valence-electron chi connectivity index (χ3n) is 2.70. The highest BCUT2D eigenvalue weighted by Crippen LogP contribution is 2.18. The molecule has 0 amide bonds. The largest absolute Gasteiger partial charge is 0.356 e. The highest BCUT2D eigenvalue weighted by atomic mass is 32.1. The fourth-order valence-corrected chi connectivity index (χ4v) is 2.42. The molecule has 3 rings (SSSR count). The molecule has 2 heterocycles. The third-order valence-corrected chi connectivity index (χ3v) is 3.50. The van der Waals surface area contributed by atoms with Gasteiger partial charge in [0.15, 0.2) is 0 Å². The molecule has 0 fully saturated rings. The van der Waals surface area contributed by atoms with Crippen LogP contribution >= 0.6 is 11.3 Å². The van der Waals surface area contributed by atoms with E-state index in [0.717, 1.165) is 15.8 Å². The molecule has 0 aliphatic carbocycles. The van der Waals surface area contributed by atoms with Crippen LogP contribution in [0.1, 0.15) is 10.6 Å². The molecule has 2 aromatic heterocycles. The molecule has 0 aliphatic rings. The third kappa shape index (κ3) is 2.63. The monoisotopic (exact) mass is 271 g/mol. The van der Waals surface area contributed by atoms with Crippen LogP contribution in [0.2, 0.25) is 0 Å². The molecule has 0 bridgehead atoms. The maximum Gasteiger partial charge on any atom is 0.205 e. The van der Waals surface area contributed by atoms with Gasteiger partial charge >= 0.3 is 0 Å². The van der Waals surface area contributed by atoms with E-state index in [1.807, 2.05) is 36.0 Å². The number of hydrogen-bond donors (Lipinski definition) is 1. The van der Waals surface area contributed by atoms with E-state index in [9.17, 15) is 0 Å². The molecule has 6 heteroatoms. The fraction of sp³-hybridized carbons (Fsp3) is 0.154. The van der Waals surface area contributed by atoms with Crippen LogP contribution in [0, 0.1) is 6.92 Å². The summed E-state index contributed by atoms with van der Waals surface area (Å²) in [6.07, 6.45) is 3.71. The van der Waals surface area contributed by atoms with Gasteiger partial charge in [-0.2, -0.15) is 5.10 Å². The van der Waals surface area contributed by atoms with Crippen LogP contribution in [0.4, 0.5) is 5.13 Å². The first-order chi connectivity index (χ1) is 9.33. The molecule has 1 N–H and O–H groups in total. The number of anilines is 1. The summed E-state index contributed by atoms with van der Waals surface area (Å²) in [5.74, 6) is 0. The van der Waals surface area contributed by atoms with E-state index in [1.165, 1.54) is 5.56 Å². The second-order valence-corrected chi connectivity index (χ2v) is 5.24. The molecular weight excluding hydrogens is 258 g/mol. The number of aryl methyl sites for hydroxylation is 1. The predicted octanol–water partition coefficient (Wildman–Crippen LogP) is 2.64. The van der Waals surface area contributed by atoms with Crippen LogP contribution in [0.15, 0.2) is 42.7 Å². The number of rotatable bonds is 4. The van der Waals surface area contributed by atoms with Gasteiger partial charge in [0.2, 0.25) is 5.13 Å². The van der Waals surface area contributed by atoms with Gasteiger partial charge in [-0.05, 0) is 24.6 Å². The number of aromatic nitrogens is 4. The Kier molecular flexibility index (Phi) is 3.24. The minimum atomic E-state index is 0.699. The summed E-state index contributed by atoms with van der Waals surface area (Å²) in [7, 11) is 0. The summed E-state index contributed by atoms with van der Waals surface area (Å²) in [6.45, 7) is 2.64. The Morgan fingerprint density at radius 1 is 1.21 bits per heavy atom. The molecule has 0 atom stereocenters. The summed E-state index contributed by atoms with van der Waals surface area (Å²) >= 11 is 1.55. The lowest BCUT2D eigenvalue weighted by atomic mass is 10.2. The van der Waals surface area contributed by atoms with Crippen molar-refractivity contribution in [3.63, 3.8) is 0 Å². The predicted molar refractivity (Wildman–Crippen MR) is 75.5 cm³/mol. The number of para-hydroxylation sites is 1. The highest BCUT2D eigenvalue weighted by Gasteiger charge is 2.05. The first-order valence-electron chi connectivity index (χ1n) is 5.95. The summed E-state index contributed by atoms with van der Waals surface area (Å²) < 4.78 is 1.86. The van der Waals surface area contributed by atoms with Gasteiger partial charge in [-0.3, -0.25) is 0 Å². The molecule has 5 nitrogen and oxygen atoms in total. The Hall–Kier alpha value is -2.21. The van der Waals surface area contributed by atoms with Crippen LogP contribution in [-0.4, -0.2) is 20.0 Å². The number of nitrogens with zero attached hydrogens (tertiary/aromatic N) is 4. The molecule has 0 radical (unpaired) electrons. The van der Waals surface area contributed by atoms with Gasteiger partial charge in [0.25, 0.3) is 0 Å². The van der Waals surface area contributed by atoms with Crippen molar-refractivity contribution in [2.24, 2.45) is 0 Å². The van der Waals surface area contributed by atoms with Crippen LogP contribution in [0.25, 0.3) is 5.69 Å². The first-order valence-corrected chi connectivity index (χ1v) is 6.76. The van der Waals surface area contributed by atoms with Crippen molar-refractivity contribution in [1.29, 1.82) is 0 Å². The lowest BCUT2D eigenvalue weighted by molar-refractivity contribution is 0.863. The van der Waals surface area contributed by atoms with Crippen molar-refractivity contribution in [3.8, 4) is 5.69 Å². The Labute approximate surface area is 114 Å². The van der Waals surface area contributed by atoms with Crippen LogP contribution < -0.4 is 5.32 Å². The summed E-state index contributed by atoms with van der Waals surface area (Å²) in [5, 5.41) is 17.4. The minimum absolute atomic E-state index is 0.699. The van der Waals surface area contributed by atoms with E-state index in [-0.39, 0.29) is 0 Å². The minimum Gasteiger partial charge on any atom is -0.356 e. The van der Waals surface area contributed by atoms with E-state index >= 15 is 0 Å². The standard InChI is InChI=1S/C13H13N5S/c1-10-16-17-13(19-10)14-9-11-5-2-3-6-12(11)18-8-4-7-15-18/h2-8H,9H2,1H3,(H,14,17). The fourth-order valence-electron chi connectivity index (χ4n) is 1.83. The summed E-state index contributed by atoms with van der Waals surface area (Å²) in [4.78, 5) is 0. The van der Waals surface area contributed by atoms with E-state index in [1.54, 1.807) is 17.5 Å². The van der Waals surface area contributed by atoms with E-state index in [2.05, 4.69) is 32.7 Å². The lowest BCUT2D eigenvalue weighted by Crippen LogP contribution is -2.05. The molecule has 1 aromatic carbocycles. The molecule has 96 valence electrons. The zero-order valence-electron chi connectivity index (χ0n) is 10.4. The van der Waals surface area contributed by atoms with Gasteiger partial charge in [-0.15, -0.1) is 10.2 Å². The topological polar surface area (TPSA) is 55.6 Å². The Morgan fingerprint density at radius 2 is 2.11 bits per heavy atom. The van der Waals surface area contributed by atoms with Crippen molar-refractivity contribution < 1.29 is 0 Å². The van der Waals surface area contributed by atoms with Crippen molar-refractivity contribution in [3.05, 3.63) is 53.3 Å². The van der Waals surface area contributed by atoms with Crippen molar-refractivity contribution in [2.45, 2.75) is 13.5 Å². The van der Waals surface area contributed by atoms with Gasteiger partial charge in [-0.1, -0.05) is 29.5 Å². The highest BCUT2D eigenvalue weighted by molar-refractivity contribution is 7.15. The van der Waals surface area contributed by atoms with E-state index < -0.39 is 0 Å². The molecule has 0 spiro atoms. The van der Waals surface area contributed by atoms with Gasteiger partial charge < -0.3 is 5.32 Å². The maximum absolute atomic E-state index is 4.27. The van der Waals surface area contributed by atoms with Gasteiger partial charge in [0, 0.05) is 18.9 Å². The Balaban J connectivity index is 1.81. The van der Waals surface area contributed by atoms with Crippen molar-refractivity contribution in [2.75, 3.05) is 5.32 Å². The average molecular weight is 271 g/mol. The quantitative estimate of drug-likeness (QED) is 0.792. The Morgan fingerprint density at radius 3 is 2.84 bits per heavy atom. The number of nitrogens with one attached hydrogen (secondary N) is 1. The average Bonchev–Trinajstić information content (AvgIpc) is 3.08. The molecule has 0 unspecified atom stereocenters.